The molecule has 0 aromatic carbocycles. The van der Waals surface area contributed by atoms with Gasteiger partial charge in [0.15, 0.2) is 0 Å². The van der Waals surface area contributed by atoms with Crippen molar-refractivity contribution in [2.75, 3.05) is 65.6 Å². The molecule has 0 bridgehead atoms. The van der Waals surface area contributed by atoms with Crippen molar-refractivity contribution in [3.05, 3.63) is 0 Å². The van der Waals surface area contributed by atoms with Crippen LogP contribution in [0.3, 0.4) is 0 Å². The molecule has 2 aliphatic heterocycles. The number of amides is 2. The summed E-state index contributed by atoms with van der Waals surface area (Å²) < 4.78 is 39.0. The summed E-state index contributed by atoms with van der Waals surface area (Å²) in [5.41, 5.74) is 0. The summed E-state index contributed by atoms with van der Waals surface area (Å²) in [5, 5.41) is 2.88. The molecular formula is C18H34N4O6S. The van der Waals surface area contributed by atoms with E-state index >= 15 is 0 Å². The first kappa shape index (κ1) is 23.8. The molecule has 0 aromatic rings. The first-order valence-corrected chi connectivity index (χ1v) is 11.8. The first-order chi connectivity index (χ1) is 13.9. The smallest absolute Gasteiger partial charge is 0.409 e. The summed E-state index contributed by atoms with van der Waals surface area (Å²) in [6.45, 7) is 7.39. The summed E-state index contributed by atoms with van der Waals surface area (Å²) in [5.74, 6) is -0.444. The molecule has 29 heavy (non-hydrogen) atoms. The van der Waals surface area contributed by atoms with Gasteiger partial charge in [0.05, 0.1) is 12.5 Å². The largest absolute Gasteiger partial charge is 0.450 e. The van der Waals surface area contributed by atoms with Crippen molar-refractivity contribution in [2.45, 2.75) is 33.1 Å². The molecule has 2 fully saturated rings. The third-order valence-corrected chi connectivity index (χ3v) is 7.14. The minimum Gasteiger partial charge on any atom is -0.450 e. The Morgan fingerprint density at radius 3 is 2.41 bits per heavy atom. The second-order valence-electron chi connectivity index (χ2n) is 7.13. The molecule has 2 heterocycles. The van der Waals surface area contributed by atoms with Crippen LogP contribution in [0.1, 0.15) is 33.1 Å². The number of nitrogens with one attached hydrogen (secondary N) is 1. The van der Waals surface area contributed by atoms with Gasteiger partial charge in [0, 0.05) is 59.0 Å². The molecule has 11 heteroatoms. The van der Waals surface area contributed by atoms with Crippen LogP contribution in [-0.2, 0) is 24.5 Å². The second kappa shape index (κ2) is 11.7. The van der Waals surface area contributed by atoms with E-state index in [4.69, 9.17) is 9.47 Å². The Kier molecular flexibility index (Phi) is 9.60. The monoisotopic (exact) mass is 434 g/mol. The third-order valence-electron chi connectivity index (χ3n) is 5.14. The number of piperidine rings is 1. The maximum atomic E-state index is 13.0. The fourth-order valence-corrected chi connectivity index (χ4v) is 5.20. The lowest BCUT2D eigenvalue weighted by atomic mass is 9.99. The van der Waals surface area contributed by atoms with Crippen LogP contribution in [0.5, 0.6) is 0 Å². The topological polar surface area (TPSA) is 108 Å². The lowest BCUT2D eigenvalue weighted by Crippen LogP contribution is -2.56. The highest BCUT2D eigenvalue weighted by Gasteiger charge is 2.37. The Labute approximate surface area is 173 Å². The number of rotatable bonds is 9. The summed E-state index contributed by atoms with van der Waals surface area (Å²) in [4.78, 5) is 25.7. The van der Waals surface area contributed by atoms with Gasteiger partial charge in [-0.3, -0.25) is 4.79 Å². The van der Waals surface area contributed by atoms with E-state index in [1.54, 1.807) is 6.92 Å². The molecule has 0 aromatic heterocycles. The average molecular weight is 435 g/mol. The number of piperazine rings is 1. The quantitative estimate of drug-likeness (QED) is 0.522. The summed E-state index contributed by atoms with van der Waals surface area (Å²) in [7, 11) is -3.66. The normalized spacial score (nSPS) is 21.7. The number of hydrogen-bond acceptors (Lipinski definition) is 6. The molecule has 2 saturated heterocycles. The van der Waals surface area contributed by atoms with E-state index in [-0.39, 0.29) is 31.5 Å². The molecule has 2 amide bonds. The van der Waals surface area contributed by atoms with Crippen molar-refractivity contribution < 1.29 is 27.5 Å². The first-order valence-electron chi connectivity index (χ1n) is 10.4. The third kappa shape index (κ3) is 6.80. The van der Waals surface area contributed by atoms with Gasteiger partial charge in [-0.1, -0.05) is 0 Å². The van der Waals surface area contributed by atoms with Crippen molar-refractivity contribution in [2.24, 2.45) is 5.92 Å². The van der Waals surface area contributed by atoms with Crippen molar-refractivity contribution in [1.29, 1.82) is 0 Å². The van der Waals surface area contributed by atoms with Gasteiger partial charge in [0.25, 0.3) is 10.2 Å². The van der Waals surface area contributed by atoms with Gasteiger partial charge in [-0.2, -0.15) is 17.0 Å². The van der Waals surface area contributed by atoms with Crippen molar-refractivity contribution >= 4 is 22.2 Å². The molecule has 2 rings (SSSR count). The maximum Gasteiger partial charge on any atom is 0.409 e. The van der Waals surface area contributed by atoms with Crippen LogP contribution < -0.4 is 5.32 Å². The molecule has 10 nitrogen and oxygen atoms in total. The fraction of sp³-hybridized carbons (Fsp3) is 0.889. The van der Waals surface area contributed by atoms with Crippen molar-refractivity contribution in [3.8, 4) is 0 Å². The van der Waals surface area contributed by atoms with Gasteiger partial charge in [0.1, 0.15) is 0 Å². The van der Waals surface area contributed by atoms with Crippen LogP contribution in [-0.4, -0.2) is 99.6 Å². The maximum absolute atomic E-state index is 13.0. The van der Waals surface area contributed by atoms with Crippen molar-refractivity contribution in [1.82, 2.24) is 18.8 Å². The van der Waals surface area contributed by atoms with Gasteiger partial charge in [-0.25, -0.2) is 4.79 Å². The molecule has 168 valence electrons. The Morgan fingerprint density at radius 1 is 1.03 bits per heavy atom. The standard InChI is InChI=1S/C18H34N4O6S/c1-3-27-14-6-8-19-17(23)16-7-5-9-22(15-16)29(25,26)21-12-10-20(11-13-21)18(24)28-4-2/h16H,3-15H2,1-2H3,(H,19,23)/t16-/m0/s1. The van der Waals surface area contributed by atoms with E-state index < -0.39 is 16.3 Å². The Morgan fingerprint density at radius 2 is 1.76 bits per heavy atom. The molecule has 0 unspecified atom stereocenters. The fourth-order valence-electron chi connectivity index (χ4n) is 3.52. The molecule has 1 atom stereocenters. The van der Waals surface area contributed by atoms with E-state index in [9.17, 15) is 18.0 Å². The SMILES string of the molecule is CCOCCCNC(=O)[C@H]1CCCN(S(=O)(=O)N2CCN(C(=O)OCC)CC2)C1. The second-order valence-corrected chi connectivity index (χ2v) is 9.06. The molecular weight excluding hydrogens is 400 g/mol. The van der Waals surface area contributed by atoms with Crippen LogP contribution in [0.2, 0.25) is 0 Å². The van der Waals surface area contributed by atoms with Gasteiger partial charge in [-0.05, 0) is 33.1 Å². The zero-order valence-corrected chi connectivity index (χ0v) is 18.3. The van der Waals surface area contributed by atoms with Crippen LogP contribution in [0.25, 0.3) is 0 Å². The number of carbonyl (C=O) groups is 2. The van der Waals surface area contributed by atoms with Crippen LogP contribution in [0.4, 0.5) is 4.79 Å². The zero-order valence-electron chi connectivity index (χ0n) is 17.5. The minimum absolute atomic E-state index is 0.103. The van der Waals surface area contributed by atoms with E-state index in [0.717, 1.165) is 6.42 Å². The summed E-state index contributed by atoms with van der Waals surface area (Å²) in [6, 6.07) is 0. The molecule has 2 aliphatic rings. The Hall–Kier alpha value is -1.43. The highest BCUT2D eigenvalue weighted by molar-refractivity contribution is 7.86. The lowest BCUT2D eigenvalue weighted by molar-refractivity contribution is -0.126. The molecule has 0 saturated carbocycles. The van der Waals surface area contributed by atoms with E-state index in [1.807, 2.05) is 6.92 Å². The summed E-state index contributed by atoms with van der Waals surface area (Å²) >= 11 is 0. The van der Waals surface area contributed by atoms with Gasteiger partial charge in [-0.15, -0.1) is 0 Å². The Balaban J connectivity index is 1.84. The van der Waals surface area contributed by atoms with Crippen molar-refractivity contribution in [3.63, 3.8) is 0 Å². The molecule has 1 N–H and O–H groups in total. The van der Waals surface area contributed by atoms with Gasteiger partial charge >= 0.3 is 6.09 Å². The lowest BCUT2D eigenvalue weighted by Gasteiger charge is -2.38. The number of nitrogens with zero attached hydrogens (tertiary/aromatic N) is 3. The van der Waals surface area contributed by atoms with E-state index in [1.165, 1.54) is 13.5 Å². The highest BCUT2D eigenvalue weighted by atomic mass is 32.2. The number of hydrogen-bond donors (Lipinski definition) is 1. The number of ether oxygens (including phenoxy) is 2. The van der Waals surface area contributed by atoms with Crippen LogP contribution in [0.15, 0.2) is 0 Å². The van der Waals surface area contributed by atoms with E-state index in [0.29, 0.717) is 58.8 Å². The van der Waals surface area contributed by atoms with Gasteiger partial charge < -0.3 is 19.7 Å². The zero-order chi connectivity index (χ0) is 21.3. The molecule has 0 aliphatic carbocycles. The van der Waals surface area contributed by atoms with Crippen LogP contribution >= 0.6 is 0 Å². The molecule has 0 spiro atoms. The van der Waals surface area contributed by atoms with Crippen LogP contribution in [0, 0.1) is 5.92 Å². The molecule has 0 radical (unpaired) electrons. The van der Waals surface area contributed by atoms with E-state index in [2.05, 4.69) is 5.32 Å². The Bertz CT molecular complexity index is 636. The predicted molar refractivity (Wildman–Crippen MR) is 108 cm³/mol. The predicted octanol–water partition coefficient (Wildman–Crippen LogP) is 0.260. The summed E-state index contributed by atoms with van der Waals surface area (Å²) in [6.07, 6.45) is 1.65. The van der Waals surface area contributed by atoms with Gasteiger partial charge in [0.2, 0.25) is 5.91 Å². The minimum atomic E-state index is -3.66. The number of carbonyl (C=O) groups excluding carboxylic acids is 2. The average Bonchev–Trinajstić information content (AvgIpc) is 2.74. The highest BCUT2D eigenvalue weighted by Crippen LogP contribution is 2.22.